The number of aromatic nitrogens is 4. The predicted molar refractivity (Wildman–Crippen MR) is 166 cm³/mol. The molecule has 1 amide bonds. The Bertz CT molecular complexity index is 1850. The lowest BCUT2D eigenvalue weighted by Gasteiger charge is -2.41. The molecule has 2 aromatic heterocycles. The third-order valence-electron chi connectivity index (χ3n) is 8.03. The van der Waals surface area contributed by atoms with E-state index in [-0.39, 0.29) is 23.8 Å². The molecule has 236 valence electrons. The third-order valence-corrected chi connectivity index (χ3v) is 8.03. The van der Waals surface area contributed by atoms with Crippen LogP contribution in [0.15, 0.2) is 47.5 Å². The van der Waals surface area contributed by atoms with Gasteiger partial charge in [-0.15, -0.1) is 0 Å². The van der Waals surface area contributed by atoms with Gasteiger partial charge in [-0.2, -0.15) is 10.4 Å². The second-order valence-corrected chi connectivity index (χ2v) is 12.7. The Morgan fingerprint density at radius 3 is 2.36 bits per heavy atom. The van der Waals surface area contributed by atoms with E-state index in [4.69, 9.17) is 15.1 Å². The Balaban J connectivity index is 1.76. The van der Waals surface area contributed by atoms with Gasteiger partial charge in [0.05, 0.1) is 35.6 Å². The van der Waals surface area contributed by atoms with Crippen molar-refractivity contribution in [2.45, 2.75) is 91.8 Å². The lowest BCUT2D eigenvalue weighted by Crippen LogP contribution is -2.48. The fraction of sp³-hybridized carbons (Fsp3) is 0.412. The summed E-state index contributed by atoms with van der Waals surface area (Å²) in [6, 6.07) is 8.90. The smallest absolute Gasteiger partial charge is 0.411 e. The molecule has 0 aliphatic carbocycles. The molecule has 1 aliphatic rings. The van der Waals surface area contributed by atoms with Crippen LogP contribution in [0.1, 0.15) is 81.4 Å². The van der Waals surface area contributed by atoms with Gasteiger partial charge >= 0.3 is 11.8 Å². The number of imidazole rings is 1. The van der Waals surface area contributed by atoms with Crippen molar-refractivity contribution in [3.05, 3.63) is 92.8 Å². The van der Waals surface area contributed by atoms with Crippen LogP contribution in [-0.2, 0) is 17.6 Å². The minimum absolute atomic E-state index is 0.0881. The number of carbonyl (C=O) groups excluding carboxylic acids is 1. The number of aryl methyl sites for hydroxylation is 2. The van der Waals surface area contributed by atoms with Crippen LogP contribution in [0, 0.1) is 36.8 Å². The molecule has 0 spiro atoms. The van der Waals surface area contributed by atoms with Crippen molar-refractivity contribution in [1.29, 1.82) is 5.26 Å². The van der Waals surface area contributed by atoms with Crippen LogP contribution < -0.4 is 5.69 Å². The van der Waals surface area contributed by atoms with E-state index in [0.717, 1.165) is 12.1 Å². The molecular weight excluding hydrogens is 578 g/mol. The Hall–Kier alpha value is -4.72. The lowest BCUT2D eigenvalue weighted by molar-refractivity contribution is 0.00231. The van der Waals surface area contributed by atoms with Crippen LogP contribution in [-0.4, -0.2) is 41.6 Å². The fourth-order valence-electron chi connectivity index (χ4n) is 6.07. The zero-order valence-corrected chi connectivity index (χ0v) is 26.7. The molecule has 2 aromatic carbocycles. The quantitative estimate of drug-likeness (QED) is 0.237. The molecule has 45 heavy (non-hydrogen) atoms. The van der Waals surface area contributed by atoms with Crippen molar-refractivity contribution in [2.75, 3.05) is 0 Å². The average Bonchev–Trinajstić information content (AvgIpc) is 3.51. The molecule has 4 aromatic rings. The van der Waals surface area contributed by atoms with E-state index in [0.29, 0.717) is 46.7 Å². The number of halogens is 2. The summed E-state index contributed by atoms with van der Waals surface area (Å²) in [7, 11) is 0. The SMILES string of the molecule is CCC[C@H]1c2c(nn(-c3cc(C)c(F)c(C)c3)c2-n2ccn(-c3ccc(CC#N)c(F)c3)c2=O)C[C@@H](C)N1C(=O)OC(C)(C)C. The molecule has 9 nitrogen and oxygen atoms in total. The number of nitrogens with zero attached hydrogens (tertiary/aromatic N) is 6. The maximum absolute atomic E-state index is 14.8. The summed E-state index contributed by atoms with van der Waals surface area (Å²) in [4.78, 5) is 29.5. The Kier molecular flexibility index (Phi) is 8.45. The monoisotopic (exact) mass is 616 g/mol. The number of hydrogen-bond acceptors (Lipinski definition) is 5. The molecule has 11 heteroatoms. The van der Waals surface area contributed by atoms with Gasteiger partial charge < -0.3 is 4.74 Å². The Morgan fingerprint density at radius 1 is 1.09 bits per heavy atom. The Morgan fingerprint density at radius 2 is 1.76 bits per heavy atom. The number of rotatable bonds is 6. The van der Waals surface area contributed by atoms with Gasteiger partial charge in [-0.05, 0) is 83.4 Å². The molecule has 0 unspecified atom stereocenters. The van der Waals surface area contributed by atoms with Crippen molar-refractivity contribution in [3.63, 3.8) is 0 Å². The summed E-state index contributed by atoms with van der Waals surface area (Å²) in [6.07, 6.45) is 4.31. The van der Waals surface area contributed by atoms with Gasteiger partial charge in [0.15, 0.2) is 0 Å². The molecule has 0 saturated heterocycles. The maximum Gasteiger partial charge on any atom is 0.411 e. The zero-order chi connectivity index (χ0) is 32.8. The van der Waals surface area contributed by atoms with E-state index < -0.39 is 29.2 Å². The highest BCUT2D eigenvalue weighted by Gasteiger charge is 2.42. The molecule has 0 N–H and O–H groups in total. The van der Waals surface area contributed by atoms with E-state index in [1.807, 2.05) is 40.7 Å². The van der Waals surface area contributed by atoms with Crippen molar-refractivity contribution < 1.29 is 18.3 Å². The summed E-state index contributed by atoms with van der Waals surface area (Å²) < 4.78 is 39.8. The molecule has 0 saturated carbocycles. The standard InChI is InChI=1S/C34H38F2N6O3/c1-8-9-28-29-27(18-22(4)41(28)33(44)45-34(5,6)7)38-42(25-16-20(2)30(36)21(3)17-25)31(29)40-15-14-39(32(40)43)24-11-10-23(12-13-37)26(35)19-24/h10-11,14-17,19,22,28H,8-9,12,18H2,1-7H3/t22-,28+/m1/s1. The predicted octanol–water partition coefficient (Wildman–Crippen LogP) is 6.80. The highest BCUT2D eigenvalue weighted by Crippen LogP contribution is 2.41. The number of ether oxygens (including phenoxy) is 1. The third kappa shape index (κ3) is 5.89. The summed E-state index contributed by atoms with van der Waals surface area (Å²) >= 11 is 0. The van der Waals surface area contributed by atoms with Crippen LogP contribution in [0.5, 0.6) is 0 Å². The van der Waals surface area contributed by atoms with Crippen LogP contribution >= 0.6 is 0 Å². The number of benzene rings is 2. The van der Waals surface area contributed by atoms with Crippen molar-refractivity contribution >= 4 is 6.09 Å². The maximum atomic E-state index is 14.8. The highest BCUT2D eigenvalue weighted by molar-refractivity contribution is 5.70. The average molecular weight is 617 g/mol. The molecule has 3 heterocycles. The van der Waals surface area contributed by atoms with E-state index in [1.165, 1.54) is 27.5 Å². The highest BCUT2D eigenvalue weighted by atomic mass is 19.1. The number of fused-ring (bicyclic) bond motifs is 1. The second kappa shape index (κ2) is 12.0. The van der Waals surface area contributed by atoms with Gasteiger partial charge in [-0.1, -0.05) is 19.4 Å². The first-order valence-electron chi connectivity index (χ1n) is 15.1. The summed E-state index contributed by atoms with van der Waals surface area (Å²) in [5.74, 6) is -0.492. The lowest BCUT2D eigenvalue weighted by atomic mass is 9.91. The number of hydrogen-bond donors (Lipinski definition) is 0. The van der Waals surface area contributed by atoms with E-state index in [2.05, 4.69) is 0 Å². The van der Waals surface area contributed by atoms with Crippen molar-refractivity contribution in [1.82, 2.24) is 23.8 Å². The molecule has 2 atom stereocenters. The van der Waals surface area contributed by atoms with Gasteiger partial charge in [0.1, 0.15) is 23.1 Å². The van der Waals surface area contributed by atoms with E-state index in [9.17, 15) is 18.4 Å². The second-order valence-electron chi connectivity index (χ2n) is 12.7. The normalized spacial score (nSPS) is 16.4. The summed E-state index contributed by atoms with van der Waals surface area (Å²) in [5.41, 5.74) is 2.18. The first-order chi connectivity index (χ1) is 21.2. The largest absolute Gasteiger partial charge is 0.444 e. The number of amides is 1. The topological polar surface area (TPSA) is 98.1 Å². The van der Waals surface area contributed by atoms with Crippen molar-refractivity contribution in [3.8, 4) is 23.3 Å². The molecule has 0 bridgehead atoms. The Labute approximate surface area is 261 Å². The van der Waals surface area contributed by atoms with E-state index >= 15 is 0 Å². The summed E-state index contributed by atoms with van der Waals surface area (Å²) in [5, 5.41) is 14.0. The number of nitriles is 1. The zero-order valence-electron chi connectivity index (χ0n) is 26.7. The van der Waals surface area contributed by atoms with Gasteiger partial charge in [-0.25, -0.2) is 23.1 Å². The minimum atomic E-state index is -0.712. The molecule has 0 radical (unpaired) electrons. The van der Waals surface area contributed by atoms with Gasteiger partial charge in [0.2, 0.25) is 0 Å². The van der Waals surface area contributed by atoms with Gasteiger partial charge in [-0.3, -0.25) is 14.0 Å². The van der Waals surface area contributed by atoms with E-state index in [1.54, 1.807) is 47.8 Å². The molecule has 0 fully saturated rings. The van der Waals surface area contributed by atoms with Crippen LogP contribution in [0.4, 0.5) is 13.6 Å². The summed E-state index contributed by atoms with van der Waals surface area (Å²) in [6.45, 7) is 12.8. The van der Waals surface area contributed by atoms with Crippen LogP contribution in [0.25, 0.3) is 17.2 Å². The molecular formula is C34H38F2N6O3. The van der Waals surface area contributed by atoms with Crippen molar-refractivity contribution in [2.24, 2.45) is 0 Å². The minimum Gasteiger partial charge on any atom is -0.444 e. The first-order valence-corrected chi connectivity index (χ1v) is 15.1. The van der Waals surface area contributed by atoms with Gasteiger partial charge in [0, 0.05) is 36.0 Å². The van der Waals surface area contributed by atoms with Gasteiger partial charge in [0.25, 0.3) is 0 Å². The first kappa shape index (κ1) is 31.7. The fourth-order valence-corrected chi connectivity index (χ4v) is 6.07. The molecule has 1 aliphatic heterocycles. The molecule has 5 rings (SSSR count). The van der Waals surface area contributed by atoms with Crippen LogP contribution in [0.3, 0.4) is 0 Å². The number of carbonyl (C=O) groups is 1. The van der Waals surface area contributed by atoms with Crippen LogP contribution in [0.2, 0.25) is 0 Å².